The molecule has 0 bridgehead atoms. The van der Waals surface area contributed by atoms with Crippen molar-refractivity contribution in [3.63, 3.8) is 0 Å². The fraction of sp³-hybridized carbons (Fsp3) is 1.00. The molecule has 0 unspecified atom stereocenters. The molecular formula is C10H24O3Si2. The quantitative estimate of drug-likeness (QED) is 0.465. The molecular weight excluding hydrogens is 224 g/mol. The Morgan fingerprint density at radius 3 is 2.33 bits per heavy atom. The summed E-state index contributed by atoms with van der Waals surface area (Å²) in [6.45, 7) is 10.5. The third kappa shape index (κ3) is 12.1. The van der Waals surface area contributed by atoms with E-state index in [9.17, 15) is 4.46 Å². The summed E-state index contributed by atoms with van der Waals surface area (Å²) in [6, 6.07) is 1.65. The summed E-state index contributed by atoms with van der Waals surface area (Å²) in [4.78, 5) is 0. The van der Waals surface area contributed by atoms with Crippen LogP contribution in [0.4, 0.5) is 0 Å². The molecule has 0 N–H and O–H groups in total. The van der Waals surface area contributed by atoms with Gasteiger partial charge in [0.15, 0.2) is 8.32 Å². The zero-order valence-corrected chi connectivity index (χ0v) is 12.5. The minimum atomic E-state index is -1.37. The van der Waals surface area contributed by atoms with E-state index < -0.39 is 17.0 Å². The van der Waals surface area contributed by atoms with E-state index in [0.717, 1.165) is 18.5 Å². The van der Waals surface area contributed by atoms with Gasteiger partial charge in [0.1, 0.15) is 0 Å². The topological polar surface area (TPSA) is 35.5 Å². The summed E-state index contributed by atoms with van der Waals surface area (Å²) in [5, 5.41) is 0. The van der Waals surface area contributed by atoms with E-state index in [1.165, 1.54) is 0 Å². The molecule has 15 heavy (non-hydrogen) atoms. The van der Waals surface area contributed by atoms with Crippen molar-refractivity contribution in [2.45, 2.75) is 45.1 Å². The van der Waals surface area contributed by atoms with E-state index in [4.69, 9.17) is 9.16 Å². The Bertz CT molecular complexity index is 178. The maximum atomic E-state index is 11.1. The first-order valence-corrected chi connectivity index (χ1v) is 10.9. The van der Waals surface area contributed by atoms with Gasteiger partial charge < -0.3 is 13.6 Å². The number of ether oxygens (including phenoxy) is 1. The average Bonchev–Trinajstić information content (AvgIpc) is 2.14. The highest BCUT2D eigenvalue weighted by Crippen LogP contribution is 2.02. The Balaban J connectivity index is 3.16. The van der Waals surface area contributed by atoms with Crippen LogP contribution in [-0.2, 0) is 13.6 Å². The van der Waals surface area contributed by atoms with Gasteiger partial charge in [0.2, 0.25) is 0 Å². The van der Waals surface area contributed by atoms with Crippen LogP contribution < -0.4 is 0 Å². The standard InChI is InChI=1S/C10H24O3Si2/c1-5-14(11)10-6-7-12-8-9-13-15(2,3)4/h5-10H2,1-4H3. The van der Waals surface area contributed by atoms with Crippen LogP contribution in [0.3, 0.4) is 0 Å². The summed E-state index contributed by atoms with van der Waals surface area (Å²) in [5.41, 5.74) is 0. The van der Waals surface area contributed by atoms with Gasteiger partial charge in [-0.2, -0.15) is 0 Å². The minimum Gasteiger partial charge on any atom is -0.415 e. The first-order valence-electron chi connectivity index (χ1n) is 5.69. The van der Waals surface area contributed by atoms with Crippen LogP contribution in [0.15, 0.2) is 0 Å². The second-order valence-electron chi connectivity index (χ2n) is 4.57. The first kappa shape index (κ1) is 15.2. The molecule has 0 aliphatic carbocycles. The molecule has 0 aliphatic heterocycles. The van der Waals surface area contributed by atoms with Crippen molar-refractivity contribution in [2.75, 3.05) is 19.8 Å². The maximum Gasteiger partial charge on any atom is 0.276 e. The highest BCUT2D eigenvalue weighted by atomic mass is 28.4. The van der Waals surface area contributed by atoms with Gasteiger partial charge in [-0.05, 0) is 38.2 Å². The molecule has 5 heteroatoms. The molecule has 0 aromatic rings. The summed E-state index contributed by atoms with van der Waals surface area (Å²) in [5.74, 6) is 0. The lowest BCUT2D eigenvalue weighted by molar-refractivity contribution is 0.0982. The molecule has 0 saturated heterocycles. The van der Waals surface area contributed by atoms with Crippen molar-refractivity contribution in [3.8, 4) is 0 Å². The fourth-order valence-corrected chi connectivity index (χ4v) is 2.64. The molecule has 0 aliphatic rings. The molecule has 0 saturated carbocycles. The van der Waals surface area contributed by atoms with Gasteiger partial charge >= 0.3 is 0 Å². The SMILES string of the molecule is CC[Si](=O)CCCOCCO[Si](C)(C)C. The molecule has 0 amide bonds. The van der Waals surface area contributed by atoms with Crippen molar-refractivity contribution in [3.05, 3.63) is 0 Å². The van der Waals surface area contributed by atoms with E-state index in [1.54, 1.807) is 0 Å². The molecule has 0 heterocycles. The number of hydrogen-bond acceptors (Lipinski definition) is 3. The van der Waals surface area contributed by atoms with Crippen molar-refractivity contribution in [2.24, 2.45) is 0 Å². The molecule has 0 atom stereocenters. The Kier molecular flexibility index (Phi) is 8.41. The van der Waals surface area contributed by atoms with E-state index in [1.807, 2.05) is 6.92 Å². The molecule has 0 aromatic heterocycles. The molecule has 0 radical (unpaired) electrons. The average molecular weight is 248 g/mol. The van der Waals surface area contributed by atoms with Crippen LogP contribution in [0.2, 0.25) is 31.7 Å². The third-order valence-electron chi connectivity index (χ3n) is 1.90. The summed E-state index contributed by atoms with van der Waals surface area (Å²) in [7, 11) is -2.67. The zero-order chi connectivity index (χ0) is 11.7. The van der Waals surface area contributed by atoms with Crippen molar-refractivity contribution >= 4 is 17.0 Å². The summed E-state index contributed by atoms with van der Waals surface area (Å²) in [6.07, 6.45) is 0.915. The lowest BCUT2D eigenvalue weighted by atomic mass is 10.5. The van der Waals surface area contributed by atoms with Crippen LogP contribution in [0.1, 0.15) is 13.3 Å². The summed E-state index contributed by atoms with van der Waals surface area (Å²) >= 11 is 0. The zero-order valence-electron chi connectivity index (χ0n) is 10.5. The second kappa shape index (κ2) is 8.32. The highest BCUT2D eigenvalue weighted by Gasteiger charge is 2.13. The Labute approximate surface area is 96.0 Å². The van der Waals surface area contributed by atoms with Gasteiger partial charge in [0.05, 0.1) is 13.2 Å². The van der Waals surface area contributed by atoms with E-state index in [2.05, 4.69) is 19.6 Å². The van der Waals surface area contributed by atoms with Crippen molar-refractivity contribution < 1.29 is 13.6 Å². The molecule has 0 rings (SSSR count). The van der Waals surface area contributed by atoms with E-state index >= 15 is 0 Å². The van der Waals surface area contributed by atoms with Crippen LogP contribution >= 0.6 is 0 Å². The summed E-state index contributed by atoms with van der Waals surface area (Å²) < 4.78 is 22.2. The number of rotatable bonds is 9. The predicted octanol–water partition coefficient (Wildman–Crippen LogP) is 2.69. The van der Waals surface area contributed by atoms with E-state index in [-0.39, 0.29) is 0 Å². The fourth-order valence-electron chi connectivity index (χ4n) is 1.06. The lowest BCUT2D eigenvalue weighted by Crippen LogP contribution is -2.27. The molecule has 0 fully saturated rings. The van der Waals surface area contributed by atoms with Crippen LogP contribution in [0, 0.1) is 0 Å². The largest absolute Gasteiger partial charge is 0.415 e. The maximum absolute atomic E-state index is 11.1. The lowest BCUT2D eigenvalue weighted by Gasteiger charge is -2.16. The molecule has 90 valence electrons. The molecule has 0 spiro atoms. The molecule has 0 aromatic carbocycles. The van der Waals surface area contributed by atoms with Crippen LogP contribution in [0.25, 0.3) is 0 Å². The van der Waals surface area contributed by atoms with Gasteiger partial charge in [0.25, 0.3) is 8.68 Å². The predicted molar refractivity (Wildman–Crippen MR) is 66.5 cm³/mol. The number of hydrogen-bond donors (Lipinski definition) is 0. The smallest absolute Gasteiger partial charge is 0.276 e. The Morgan fingerprint density at radius 1 is 1.13 bits per heavy atom. The molecule has 3 nitrogen and oxygen atoms in total. The second-order valence-corrected chi connectivity index (χ2v) is 11.4. The Hall–Kier alpha value is 0.154. The van der Waals surface area contributed by atoms with Crippen molar-refractivity contribution in [1.82, 2.24) is 0 Å². The van der Waals surface area contributed by atoms with Gasteiger partial charge in [-0.25, -0.2) is 0 Å². The van der Waals surface area contributed by atoms with Gasteiger partial charge in [-0.15, -0.1) is 0 Å². The first-order chi connectivity index (χ1) is 6.95. The minimum absolute atomic E-state index is 0.664. The van der Waals surface area contributed by atoms with Crippen LogP contribution in [-0.4, -0.2) is 36.8 Å². The third-order valence-corrected chi connectivity index (χ3v) is 4.67. The Morgan fingerprint density at radius 2 is 1.80 bits per heavy atom. The van der Waals surface area contributed by atoms with Crippen molar-refractivity contribution in [1.29, 1.82) is 0 Å². The highest BCUT2D eigenvalue weighted by molar-refractivity contribution is 6.69. The van der Waals surface area contributed by atoms with Gasteiger partial charge in [-0.3, -0.25) is 0 Å². The van der Waals surface area contributed by atoms with Crippen LogP contribution in [0.5, 0.6) is 0 Å². The normalized spacial score (nSPS) is 11.7. The monoisotopic (exact) mass is 248 g/mol. The van der Waals surface area contributed by atoms with E-state index in [0.29, 0.717) is 19.8 Å². The van der Waals surface area contributed by atoms with Gasteiger partial charge in [0, 0.05) is 6.61 Å². The van der Waals surface area contributed by atoms with Gasteiger partial charge in [-0.1, -0.05) is 6.92 Å².